The molecule has 1 unspecified atom stereocenters. The van der Waals surface area contributed by atoms with E-state index in [-0.39, 0.29) is 6.17 Å². The minimum Gasteiger partial charge on any atom is -0.329 e. The van der Waals surface area contributed by atoms with Gasteiger partial charge in [-0.15, -0.1) is 0 Å². The molecule has 2 nitrogen and oxygen atoms in total. The van der Waals surface area contributed by atoms with Crippen LogP contribution < -0.4 is 5.73 Å². The first-order valence-corrected chi connectivity index (χ1v) is 6.19. The zero-order valence-corrected chi connectivity index (χ0v) is 9.74. The van der Waals surface area contributed by atoms with Crippen molar-refractivity contribution in [3.8, 4) is 0 Å². The molecule has 1 atom stereocenters. The van der Waals surface area contributed by atoms with E-state index in [2.05, 4.69) is 35.8 Å². The number of hydrogen-bond acceptors (Lipinski definition) is 1. The smallest absolute Gasteiger partial charge is 0.0814 e. The highest BCUT2D eigenvalue weighted by molar-refractivity contribution is 5.86. The summed E-state index contributed by atoms with van der Waals surface area (Å²) < 4.78 is 2.36. The number of aromatic nitrogens is 1. The zero-order valence-electron chi connectivity index (χ0n) is 9.74. The van der Waals surface area contributed by atoms with Crippen LogP contribution in [0.1, 0.15) is 37.2 Å². The van der Waals surface area contributed by atoms with E-state index in [1.54, 1.807) is 5.56 Å². The summed E-state index contributed by atoms with van der Waals surface area (Å²) in [7, 11) is 0. The van der Waals surface area contributed by atoms with Gasteiger partial charge in [0.25, 0.3) is 0 Å². The fraction of sp³-hybridized carbons (Fsp3) is 0.429. The standard InChI is InChI=1S/C14H18N2/c1-2-14(15)16-12-8-4-3-6-10(12)11-7-5-9-13(11)16/h3-4,6,8,14H,2,5,7,9,15H2,1H3. The molecule has 0 saturated heterocycles. The average Bonchev–Trinajstić information content (AvgIpc) is 2.87. The molecule has 2 heteroatoms. The van der Waals surface area contributed by atoms with Crippen LogP contribution in [0.2, 0.25) is 0 Å². The van der Waals surface area contributed by atoms with Crippen LogP contribution in [0, 0.1) is 0 Å². The van der Waals surface area contributed by atoms with Crippen LogP contribution >= 0.6 is 0 Å². The molecular weight excluding hydrogens is 196 g/mol. The van der Waals surface area contributed by atoms with Crippen molar-refractivity contribution >= 4 is 10.9 Å². The Kier molecular flexibility index (Phi) is 2.25. The molecule has 3 rings (SSSR count). The van der Waals surface area contributed by atoms with Crippen LogP contribution in [-0.4, -0.2) is 4.57 Å². The quantitative estimate of drug-likeness (QED) is 0.818. The minimum atomic E-state index is 0.131. The number of benzene rings is 1. The van der Waals surface area contributed by atoms with E-state index in [1.165, 1.54) is 35.9 Å². The highest BCUT2D eigenvalue weighted by atomic mass is 15.1. The van der Waals surface area contributed by atoms with E-state index >= 15 is 0 Å². The molecular formula is C14H18N2. The lowest BCUT2D eigenvalue weighted by molar-refractivity contribution is 0.506. The number of rotatable bonds is 2. The molecule has 0 amide bonds. The fourth-order valence-corrected chi connectivity index (χ4v) is 2.93. The first kappa shape index (κ1) is 9.91. The van der Waals surface area contributed by atoms with Crippen molar-refractivity contribution in [2.75, 3.05) is 0 Å². The van der Waals surface area contributed by atoms with Gasteiger partial charge < -0.3 is 10.3 Å². The molecule has 2 N–H and O–H groups in total. The minimum absolute atomic E-state index is 0.131. The Hall–Kier alpha value is -1.28. The number of nitrogens with zero attached hydrogens (tertiary/aromatic N) is 1. The summed E-state index contributed by atoms with van der Waals surface area (Å²) in [6, 6.07) is 8.67. The van der Waals surface area contributed by atoms with Crippen LogP contribution in [0.4, 0.5) is 0 Å². The summed E-state index contributed by atoms with van der Waals surface area (Å²) in [5.74, 6) is 0. The summed E-state index contributed by atoms with van der Waals surface area (Å²) in [6.45, 7) is 2.15. The number of para-hydroxylation sites is 1. The van der Waals surface area contributed by atoms with Crippen LogP contribution in [0.25, 0.3) is 10.9 Å². The molecule has 0 aliphatic heterocycles. The van der Waals surface area contributed by atoms with Crippen molar-refractivity contribution in [2.24, 2.45) is 5.73 Å². The van der Waals surface area contributed by atoms with Gasteiger partial charge in [0.15, 0.2) is 0 Å². The van der Waals surface area contributed by atoms with E-state index in [1.807, 2.05) is 0 Å². The fourth-order valence-electron chi connectivity index (χ4n) is 2.93. The van der Waals surface area contributed by atoms with Gasteiger partial charge in [0, 0.05) is 16.6 Å². The molecule has 0 spiro atoms. The number of fused-ring (bicyclic) bond motifs is 3. The third-order valence-corrected chi connectivity index (χ3v) is 3.72. The maximum absolute atomic E-state index is 6.24. The number of nitrogens with two attached hydrogens (primary N) is 1. The first-order valence-electron chi connectivity index (χ1n) is 6.19. The highest BCUT2D eigenvalue weighted by Crippen LogP contribution is 2.34. The number of hydrogen-bond donors (Lipinski definition) is 1. The van der Waals surface area contributed by atoms with E-state index in [9.17, 15) is 0 Å². The highest BCUT2D eigenvalue weighted by Gasteiger charge is 2.22. The lowest BCUT2D eigenvalue weighted by Crippen LogP contribution is -2.19. The largest absolute Gasteiger partial charge is 0.329 e. The van der Waals surface area contributed by atoms with Crippen molar-refractivity contribution in [2.45, 2.75) is 38.8 Å². The Morgan fingerprint density at radius 1 is 1.31 bits per heavy atom. The molecule has 2 aromatic rings. The van der Waals surface area contributed by atoms with E-state index < -0.39 is 0 Å². The van der Waals surface area contributed by atoms with Gasteiger partial charge in [-0.1, -0.05) is 25.1 Å². The Morgan fingerprint density at radius 3 is 2.94 bits per heavy atom. The second kappa shape index (κ2) is 3.63. The second-order valence-electron chi connectivity index (χ2n) is 4.64. The third kappa shape index (κ3) is 1.23. The third-order valence-electron chi connectivity index (χ3n) is 3.72. The average molecular weight is 214 g/mol. The summed E-state index contributed by atoms with van der Waals surface area (Å²) in [6.07, 6.45) is 4.82. The molecule has 0 radical (unpaired) electrons. The molecule has 1 aromatic heterocycles. The SMILES string of the molecule is CCC(N)n1c2c(c3ccccc31)CCC2. The molecule has 1 aromatic carbocycles. The molecule has 0 bridgehead atoms. The van der Waals surface area contributed by atoms with Gasteiger partial charge in [-0.25, -0.2) is 0 Å². The van der Waals surface area contributed by atoms with Crippen molar-refractivity contribution in [1.82, 2.24) is 4.57 Å². The molecule has 1 heterocycles. The van der Waals surface area contributed by atoms with E-state index in [4.69, 9.17) is 5.73 Å². The topological polar surface area (TPSA) is 30.9 Å². The summed E-state index contributed by atoms with van der Waals surface area (Å²) in [4.78, 5) is 0. The second-order valence-corrected chi connectivity index (χ2v) is 4.64. The van der Waals surface area contributed by atoms with Gasteiger partial charge >= 0.3 is 0 Å². The van der Waals surface area contributed by atoms with Crippen molar-refractivity contribution in [3.63, 3.8) is 0 Å². The predicted molar refractivity (Wildman–Crippen MR) is 67.5 cm³/mol. The van der Waals surface area contributed by atoms with Crippen LogP contribution in [0.15, 0.2) is 24.3 Å². The Morgan fingerprint density at radius 2 is 2.12 bits per heavy atom. The van der Waals surface area contributed by atoms with Gasteiger partial charge in [0.1, 0.15) is 0 Å². The molecule has 84 valence electrons. The maximum Gasteiger partial charge on any atom is 0.0814 e. The van der Waals surface area contributed by atoms with Crippen LogP contribution in [0.5, 0.6) is 0 Å². The van der Waals surface area contributed by atoms with Gasteiger partial charge in [-0.3, -0.25) is 0 Å². The zero-order chi connectivity index (χ0) is 11.1. The Balaban J connectivity index is 2.33. The van der Waals surface area contributed by atoms with Crippen molar-refractivity contribution < 1.29 is 0 Å². The van der Waals surface area contributed by atoms with Crippen LogP contribution in [-0.2, 0) is 12.8 Å². The number of aryl methyl sites for hydroxylation is 1. The van der Waals surface area contributed by atoms with Gasteiger partial charge in [-0.2, -0.15) is 0 Å². The lowest BCUT2D eigenvalue weighted by atomic mass is 10.1. The summed E-state index contributed by atoms with van der Waals surface area (Å²) >= 11 is 0. The molecule has 0 saturated carbocycles. The molecule has 16 heavy (non-hydrogen) atoms. The van der Waals surface area contributed by atoms with E-state index in [0.717, 1.165) is 6.42 Å². The lowest BCUT2D eigenvalue weighted by Gasteiger charge is -2.16. The molecule has 1 aliphatic carbocycles. The summed E-state index contributed by atoms with van der Waals surface area (Å²) in [5.41, 5.74) is 10.6. The van der Waals surface area contributed by atoms with E-state index in [0.29, 0.717) is 0 Å². The summed E-state index contributed by atoms with van der Waals surface area (Å²) in [5, 5.41) is 1.42. The molecule has 0 fully saturated rings. The first-order chi connectivity index (χ1) is 7.83. The van der Waals surface area contributed by atoms with Gasteiger partial charge in [-0.05, 0) is 37.3 Å². The van der Waals surface area contributed by atoms with Gasteiger partial charge in [0.05, 0.1) is 6.17 Å². The van der Waals surface area contributed by atoms with Crippen molar-refractivity contribution in [1.29, 1.82) is 0 Å². The normalized spacial score (nSPS) is 16.6. The Labute approximate surface area is 96.1 Å². The van der Waals surface area contributed by atoms with Gasteiger partial charge in [0.2, 0.25) is 0 Å². The van der Waals surface area contributed by atoms with Crippen LogP contribution in [0.3, 0.4) is 0 Å². The van der Waals surface area contributed by atoms with Crippen molar-refractivity contribution in [3.05, 3.63) is 35.5 Å². The monoisotopic (exact) mass is 214 g/mol. The maximum atomic E-state index is 6.24. The Bertz CT molecular complexity index is 525. The molecule has 1 aliphatic rings. The predicted octanol–water partition coefficient (Wildman–Crippen LogP) is 3.00.